The zero-order valence-electron chi connectivity index (χ0n) is 21.0. The SMILES string of the molecule is CCOc1cc(CN2CCC(n3nnc4cc(OC(=O)O)ccc43)CC2)cc(OCC)c1-n1cccc1. The number of hydrogen-bond acceptors (Lipinski definition) is 7. The molecule has 1 saturated heterocycles. The molecule has 2 aromatic carbocycles. The first kappa shape index (κ1) is 24.6. The van der Waals surface area contributed by atoms with Crippen molar-refractivity contribution in [3.63, 3.8) is 0 Å². The van der Waals surface area contributed by atoms with Gasteiger partial charge in [-0.2, -0.15) is 0 Å². The maximum Gasteiger partial charge on any atom is 0.511 e. The fraction of sp³-hybridized carbons (Fsp3) is 0.370. The second kappa shape index (κ2) is 10.9. The average Bonchev–Trinajstić information content (AvgIpc) is 3.55. The maximum absolute atomic E-state index is 10.8. The highest BCUT2D eigenvalue weighted by Crippen LogP contribution is 2.36. The lowest BCUT2D eigenvalue weighted by molar-refractivity contribution is 0.144. The molecule has 3 heterocycles. The Hall–Kier alpha value is -4.05. The molecule has 1 aliphatic heterocycles. The van der Waals surface area contributed by atoms with E-state index in [2.05, 4.69) is 27.3 Å². The molecule has 5 rings (SSSR count). The van der Waals surface area contributed by atoms with E-state index in [4.69, 9.17) is 19.3 Å². The standard InChI is InChI=1S/C27H31N5O5/c1-3-35-24-15-19(16-25(36-4-2)26(24)31-11-5-6-12-31)18-30-13-9-20(10-14-30)32-23-8-7-21(37-27(33)34)17-22(23)28-29-32/h5-8,11-12,15-17,20H,3-4,9-10,13-14,18H2,1-2H3,(H,33,34). The van der Waals surface area contributed by atoms with Gasteiger partial charge in [0.1, 0.15) is 28.5 Å². The molecule has 1 aliphatic rings. The third-order valence-corrected chi connectivity index (χ3v) is 6.52. The Morgan fingerprint density at radius 3 is 2.32 bits per heavy atom. The van der Waals surface area contributed by atoms with Crippen molar-refractivity contribution in [2.45, 2.75) is 39.3 Å². The minimum atomic E-state index is -1.35. The zero-order valence-corrected chi connectivity index (χ0v) is 21.0. The Balaban J connectivity index is 1.30. The van der Waals surface area contributed by atoms with Gasteiger partial charge < -0.3 is 23.9 Å². The van der Waals surface area contributed by atoms with Crippen LogP contribution in [0.25, 0.3) is 16.7 Å². The molecule has 2 aromatic heterocycles. The van der Waals surface area contributed by atoms with Gasteiger partial charge in [-0.3, -0.25) is 4.90 Å². The molecule has 0 aliphatic carbocycles. The number of aromatic nitrogens is 4. The van der Waals surface area contributed by atoms with Gasteiger partial charge in [0.15, 0.2) is 0 Å². The topological polar surface area (TPSA) is 104 Å². The highest BCUT2D eigenvalue weighted by Gasteiger charge is 2.24. The summed E-state index contributed by atoms with van der Waals surface area (Å²) < 4.78 is 20.8. The lowest BCUT2D eigenvalue weighted by Crippen LogP contribution is -2.34. The summed E-state index contributed by atoms with van der Waals surface area (Å²) in [6.07, 6.45) is 4.52. The number of hydrogen-bond donors (Lipinski definition) is 1. The highest BCUT2D eigenvalue weighted by molar-refractivity contribution is 5.77. The monoisotopic (exact) mass is 505 g/mol. The average molecular weight is 506 g/mol. The van der Waals surface area contributed by atoms with Crippen molar-refractivity contribution in [2.24, 2.45) is 0 Å². The summed E-state index contributed by atoms with van der Waals surface area (Å²) in [4.78, 5) is 13.2. The van der Waals surface area contributed by atoms with Gasteiger partial charge in [-0.15, -0.1) is 5.10 Å². The molecule has 0 amide bonds. The molecule has 0 atom stereocenters. The van der Waals surface area contributed by atoms with Crippen LogP contribution in [0.1, 0.15) is 38.3 Å². The van der Waals surface area contributed by atoms with Crippen molar-refractivity contribution in [1.82, 2.24) is 24.5 Å². The number of piperidine rings is 1. The molecule has 1 N–H and O–H groups in total. The van der Waals surface area contributed by atoms with Crippen LogP contribution in [-0.2, 0) is 6.54 Å². The van der Waals surface area contributed by atoms with E-state index >= 15 is 0 Å². The zero-order chi connectivity index (χ0) is 25.8. The van der Waals surface area contributed by atoms with Gasteiger partial charge in [0.2, 0.25) is 0 Å². The van der Waals surface area contributed by atoms with E-state index in [9.17, 15) is 4.79 Å². The number of likely N-dealkylation sites (tertiary alicyclic amines) is 1. The number of nitrogens with zero attached hydrogens (tertiary/aromatic N) is 5. The summed E-state index contributed by atoms with van der Waals surface area (Å²) in [6, 6.07) is 13.5. The van der Waals surface area contributed by atoms with E-state index in [1.165, 1.54) is 0 Å². The van der Waals surface area contributed by atoms with Crippen LogP contribution in [0.15, 0.2) is 54.9 Å². The molecule has 0 unspecified atom stereocenters. The van der Waals surface area contributed by atoms with Gasteiger partial charge in [0.05, 0.1) is 24.8 Å². The van der Waals surface area contributed by atoms with Crippen molar-refractivity contribution in [1.29, 1.82) is 0 Å². The van der Waals surface area contributed by atoms with E-state index in [1.807, 2.05) is 53.7 Å². The van der Waals surface area contributed by atoms with Crippen molar-refractivity contribution < 1.29 is 24.1 Å². The Labute approximate surface area is 215 Å². The molecule has 0 radical (unpaired) electrons. The molecule has 4 aromatic rings. The van der Waals surface area contributed by atoms with E-state index in [-0.39, 0.29) is 11.8 Å². The van der Waals surface area contributed by atoms with Crippen molar-refractivity contribution in [3.05, 3.63) is 60.4 Å². The minimum absolute atomic E-state index is 0.224. The molecule has 0 spiro atoms. The second-order valence-electron chi connectivity index (χ2n) is 8.96. The molecule has 194 valence electrons. The van der Waals surface area contributed by atoms with Gasteiger partial charge in [-0.25, -0.2) is 9.48 Å². The van der Waals surface area contributed by atoms with Crippen molar-refractivity contribution in [3.8, 4) is 22.9 Å². The Morgan fingerprint density at radius 2 is 1.70 bits per heavy atom. The lowest BCUT2D eigenvalue weighted by Gasteiger charge is -2.32. The normalized spacial score (nSPS) is 14.6. The van der Waals surface area contributed by atoms with Crippen molar-refractivity contribution >= 4 is 17.2 Å². The molecule has 0 bridgehead atoms. The Morgan fingerprint density at radius 1 is 1.03 bits per heavy atom. The number of ether oxygens (including phenoxy) is 3. The van der Waals surface area contributed by atoms with E-state index in [1.54, 1.807) is 12.1 Å². The van der Waals surface area contributed by atoms with Crippen LogP contribution in [0.4, 0.5) is 4.79 Å². The van der Waals surface area contributed by atoms with Crippen LogP contribution in [0.5, 0.6) is 17.2 Å². The molecule has 10 nitrogen and oxygen atoms in total. The first-order valence-corrected chi connectivity index (χ1v) is 12.6. The van der Waals surface area contributed by atoms with Gasteiger partial charge in [-0.1, -0.05) is 5.21 Å². The molecule has 1 fully saturated rings. The fourth-order valence-electron chi connectivity index (χ4n) is 4.93. The number of rotatable bonds is 9. The van der Waals surface area contributed by atoms with Gasteiger partial charge >= 0.3 is 6.16 Å². The molecule has 0 saturated carbocycles. The summed E-state index contributed by atoms with van der Waals surface area (Å²) in [5.41, 5.74) is 3.57. The number of benzene rings is 2. The van der Waals surface area contributed by atoms with Crippen LogP contribution in [0.2, 0.25) is 0 Å². The first-order valence-electron chi connectivity index (χ1n) is 12.6. The maximum atomic E-state index is 10.8. The van der Waals surface area contributed by atoms with Gasteiger partial charge in [0, 0.05) is 38.1 Å². The largest absolute Gasteiger partial charge is 0.511 e. The highest BCUT2D eigenvalue weighted by atomic mass is 16.7. The second-order valence-corrected chi connectivity index (χ2v) is 8.96. The predicted octanol–water partition coefficient (Wildman–Crippen LogP) is 4.91. The van der Waals surface area contributed by atoms with Crippen LogP contribution in [-0.4, -0.2) is 62.0 Å². The minimum Gasteiger partial charge on any atom is -0.492 e. The summed E-state index contributed by atoms with van der Waals surface area (Å²) in [6.45, 7) is 7.76. The summed E-state index contributed by atoms with van der Waals surface area (Å²) in [5.74, 6) is 1.87. The van der Waals surface area contributed by atoms with Crippen LogP contribution >= 0.6 is 0 Å². The number of fused-ring (bicyclic) bond motifs is 1. The summed E-state index contributed by atoms with van der Waals surface area (Å²) in [5, 5.41) is 17.4. The Kier molecular flexibility index (Phi) is 7.27. The van der Waals surface area contributed by atoms with Crippen LogP contribution < -0.4 is 14.2 Å². The van der Waals surface area contributed by atoms with Crippen molar-refractivity contribution in [2.75, 3.05) is 26.3 Å². The quantitative estimate of drug-likeness (QED) is 0.253. The van der Waals surface area contributed by atoms with E-state index < -0.39 is 6.16 Å². The molecular weight excluding hydrogens is 474 g/mol. The molecular formula is C27H31N5O5. The summed E-state index contributed by atoms with van der Waals surface area (Å²) >= 11 is 0. The van der Waals surface area contributed by atoms with E-state index in [0.29, 0.717) is 18.7 Å². The summed E-state index contributed by atoms with van der Waals surface area (Å²) in [7, 11) is 0. The fourth-order valence-corrected chi connectivity index (χ4v) is 4.93. The lowest BCUT2D eigenvalue weighted by atomic mass is 10.0. The van der Waals surface area contributed by atoms with Crippen LogP contribution in [0, 0.1) is 0 Å². The number of carbonyl (C=O) groups is 1. The number of carboxylic acid groups (broad SMARTS) is 1. The smallest absolute Gasteiger partial charge is 0.492 e. The molecule has 10 heteroatoms. The first-order chi connectivity index (χ1) is 18.1. The third-order valence-electron chi connectivity index (χ3n) is 6.52. The van der Waals surface area contributed by atoms with Gasteiger partial charge in [-0.05, 0) is 68.7 Å². The van der Waals surface area contributed by atoms with Crippen LogP contribution in [0.3, 0.4) is 0 Å². The third kappa shape index (κ3) is 5.39. The van der Waals surface area contributed by atoms with Gasteiger partial charge in [0.25, 0.3) is 0 Å². The van der Waals surface area contributed by atoms with E-state index in [0.717, 1.165) is 60.7 Å². The predicted molar refractivity (Wildman–Crippen MR) is 138 cm³/mol. The Bertz CT molecular complexity index is 1330. The molecule has 37 heavy (non-hydrogen) atoms.